The summed E-state index contributed by atoms with van der Waals surface area (Å²) in [5.41, 5.74) is 3.82. The minimum atomic E-state index is -0.0369. The number of hydrogen-bond acceptors (Lipinski definition) is 1. The maximum absolute atomic E-state index is 12.2. The summed E-state index contributed by atoms with van der Waals surface area (Å²) in [6.07, 6.45) is 2.17. The number of aryl methyl sites for hydroxylation is 1. The number of hydrogen-bond donors (Lipinski definition) is 2. The normalized spacial score (nSPS) is 10.8. The van der Waals surface area contributed by atoms with Crippen LogP contribution >= 0.6 is 11.6 Å². The van der Waals surface area contributed by atoms with Crippen LogP contribution in [0.3, 0.4) is 0 Å². The van der Waals surface area contributed by atoms with Crippen molar-refractivity contribution < 1.29 is 4.79 Å². The summed E-state index contributed by atoms with van der Waals surface area (Å²) in [7, 11) is 0. The Balaban J connectivity index is 1.80. The van der Waals surface area contributed by atoms with Gasteiger partial charge in [-0.1, -0.05) is 29.8 Å². The number of para-hydroxylation sites is 1. The lowest BCUT2D eigenvalue weighted by Crippen LogP contribution is -2.14. The van der Waals surface area contributed by atoms with Gasteiger partial charge in [-0.25, -0.2) is 0 Å². The van der Waals surface area contributed by atoms with Crippen LogP contribution in [0.15, 0.2) is 48.7 Å². The first-order valence-electron chi connectivity index (χ1n) is 6.74. The average molecular weight is 299 g/mol. The molecule has 0 spiro atoms. The molecule has 0 aliphatic heterocycles. The molecule has 21 heavy (non-hydrogen) atoms. The molecule has 0 aliphatic carbocycles. The van der Waals surface area contributed by atoms with Crippen molar-refractivity contribution in [3.05, 3.63) is 64.8 Å². The third-order valence-electron chi connectivity index (χ3n) is 3.50. The summed E-state index contributed by atoms with van der Waals surface area (Å²) in [6, 6.07) is 13.4. The Morgan fingerprint density at radius 2 is 2.05 bits per heavy atom. The molecule has 0 aliphatic rings. The van der Waals surface area contributed by atoms with E-state index in [4.69, 9.17) is 11.6 Å². The zero-order valence-corrected chi connectivity index (χ0v) is 12.4. The zero-order chi connectivity index (χ0) is 14.8. The molecule has 0 atom stereocenters. The van der Waals surface area contributed by atoms with Crippen LogP contribution in [0.4, 0.5) is 5.69 Å². The third-order valence-corrected chi connectivity index (χ3v) is 3.73. The molecule has 0 saturated heterocycles. The number of aromatic amines is 1. The van der Waals surface area contributed by atoms with E-state index >= 15 is 0 Å². The Morgan fingerprint density at radius 1 is 1.24 bits per heavy atom. The molecule has 106 valence electrons. The van der Waals surface area contributed by atoms with Gasteiger partial charge in [0.25, 0.3) is 0 Å². The molecule has 0 unspecified atom stereocenters. The lowest BCUT2D eigenvalue weighted by atomic mass is 10.1. The Morgan fingerprint density at radius 3 is 2.86 bits per heavy atom. The maximum Gasteiger partial charge on any atom is 0.228 e. The van der Waals surface area contributed by atoms with Crippen LogP contribution in [0.5, 0.6) is 0 Å². The predicted molar refractivity (Wildman–Crippen MR) is 86.8 cm³/mol. The van der Waals surface area contributed by atoms with Crippen LogP contribution in [-0.2, 0) is 11.2 Å². The number of carbonyl (C=O) groups excluding carboxylic acids is 1. The molecule has 4 heteroatoms. The van der Waals surface area contributed by atoms with Crippen LogP contribution in [0, 0.1) is 6.92 Å². The van der Waals surface area contributed by atoms with Crippen molar-refractivity contribution in [2.45, 2.75) is 13.3 Å². The van der Waals surface area contributed by atoms with Gasteiger partial charge in [-0.15, -0.1) is 0 Å². The van der Waals surface area contributed by atoms with Gasteiger partial charge in [-0.05, 0) is 42.3 Å². The molecule has 1 aromatic heterocycles. The van der Waals surface area contributed by atoms with Gasteiger partial charge in [-0.3, -0.25) is 4.79 Å². The number of nitrogens with one attached hydrogen (secondary N) is 2. The molecule has 3 nitrogen and oxygen atoms in total. The predicted octanol–water partition coefficient (Wildman–Crippen LogP) is 4.31. The van der Waals surface area contributed by atoms with Crippen LogP contribution < -0.4 is 5.32 Å². The fourth-order valence-electron chi connectivity index (χ4n) is 2.38. The van der Waals surface area contributed by atoms with Crippen LogP contribution in [0.2, 0.25) is 5.02 Å². The lowest BCUT2D eigenvalue weighted by molar-refractivity contribution is -0.115. The van der Waals surface area contributed by atoms with E-state index in [2.05, 4.69) is 10.3 Å². The summed E-state index contributed by atoms with van der Waals surface area (Å²) in [4.78, 5) is 15.4. The van der Waals surface area contributed by atoms with E-state index in [0.29, 0.717) is 11.4 Å². The molecule has 2 N–H and O–H groups in total. The number of fused-ring (bicyclic) bond motifs is 1. The third kappa shape index (κ3) is 2.93. The van der Waals surface area contributed by atoms with Gasteiger partial charge in [0, 0.05) is 27.8 Å². The Labute approximate surface area is 127 Å². The summed E-state index contributed by atoms with van der Waals surface area (Å²) in [5.74, 6) is -0.0369. The first-order valence-corrected chi connectivity index (χ1v) is 7.12. The van der Waals surface area contributed by atoms with Crippen molar-refractivity contribution >= 4 is 34.1 Å². The SMILES string of the molecule is Cc1ccccc1NC(=O)Cc1c[nH]c2ccc(Cl)cc12. The number of aromatic nitrogens is 1. The number of H-pyrrole nitrogens is 1. The molecule has 2 aromatic carbocycles. The van der Waals surface area contributed by atoms with Gasteiger partial charge in [0.2, 0.25) is 5.91 Å². The number of anilines is 1. The quantitative estimate of drug-likeness (QED) is 0.743. The van der Waals surface area contributed by atoms with Gasteiger partial charge in [0.15, 0.2) is 0 Å². The van der Waals surface area contributed by atoms with Crippen LogP contribution in [0.25, 0.3) is 10.9 Å². The highest BCUT2D eigenvalue weighted by Gasteiger charge is 2.10. The highest BCUT2D eigenvalue weighted by atomic mass is 35.5. The Hall–Kier alpha value is -2.26. The summed E-state index contributed by atoms with van der Waals surface area (Å²) >= 11 is 6.02. The number of carbonyl (C=O) groups is 1. The molecule has 0 fully saturated rings. The second-order valence-electron chi connectivity index (χ2n) is 5.04. The van der Waals surface area contributed by atoms with Crippen molar-refractivity contribution in [1.29, 1.82) is 0 Å². The van der Waals surface area contributed by atoms with E-state index in [1.165, 1.54) is 0 Å². The molecule has 1 heterocycles. The summed E-state index contributed by atoms with van der Waals surface area (Å²) < 4.78 is 0. The monoisotopic (exact) mass is 298 g/mol. The van der Waals surface area contributed by atoms with E-state index in [-0.39, 0.29) is 5.91 Å². The molecule has 3 rings (SSSR count). The minimum absolute atomic E-state index is 0.0369. The van der Waals surface area contributed by atoms with E-state index < -0.39 is 0 Å². The fraction of sp³-hybridized carbons (Fsp3) is 0.118. The van der Waals surface area contributed by atoms with Crippen LogP contribution in [-0.4, -0.2) is 10.9 Å². The van der Waals surface area contributed by atoms with Crippen molar-refractivity contribution in [3.63, 3.8) is 0 Å². The van der Waals surface area contributed by atoms with Crippen LogP contribution in [0.1, 0.15) is 11.1 Å². The second kappa shape index (κ2) is 5.62. The zero-order valence-electron chi connectivity index (χ0n) is 11.6. The molecule has 0 radical (unpaired) electrons. The number of rotatable bonds is 3. The number of amides is 1. The second-order valence-corrected chi connectivity index (χ2v) is 5.48. The maximum atomic E-state index is 12.2. The van der Waals surface area contributed by atoms with Crippen molar-refractivity contribution in [2.75, 3.05) is 5.32 Å². The van der Waals surface area contributed by atoms with Crippen molar-refractivity contribution in [3.8, 4) is 0 Å². The lowest BCUT2D eigenvalue weighted by Gasteiger charge is -2.07. The number of halogens is 1. The van der Waals surface area contributed by atoms with Gasteiger partial charge >= 0.3 is 0 Å². The topological polar surface area (TPSA) is 44.9 Å². The van der Waals surface area contributed by atoms with Gasteiger partial charge in [0.1, 0.15) is 0 Å². The van der Waals surface area contributed by atoms with Gasteiger partial charge < -0.3 is 10.3 Å². The summed E-state index contributed by atoms with van der Waals surface area (Å²) in [5, 5.41) is 4.60. The van der Waals surface area contributed by atoms with E-state index in [9.17, 15) is 4.79 Å². The smallest absolute Gasteiger partial charge is 0.228 e. The highest BCUT2D eigenvalue weighted by Crippen LogP contribution is 2.23. The van der Waals surface area contributed by atoms with E-state index in [0.717, 1.165) is 27.7 Å². The first-order chi connectivity index (χ1) is 10.1. The van der Waals surface area contributed by atoms with E-state index in [1.807, 2.05) is 55.6 Å². The molecule has 1 amide bonds. The molecule has 0 bridgehead atoms. The Kier molecular flexibility index (Phi) is 3.67. The molecular formula is C17H15ClN2O. The molecular weight excluding hydrogens is 284 g/mol. The van der Waals surface area contributed by atoms with Gasteiger partial charge in [0.05, 0.1) is 6.42 Å². The fourth-order valence-corrected chi connectivity index (χ4v) is 2.55. The minimum Gasteiger partial charge on any atom is -0.361 e. The van der Waals surface area contributed by atoms with Crippen molar-refractivity contribution in [2.24, 2.45) is 0 Å². The van der Waals surface area contributed by atoms with Gasteiger partial charge in [-0.2, -0.15) is 0 Å². The van der Waals surface area contributed by atoms with Crippen molar-refractivity contribution in [1.82, 2.24) is 4.98 Å². The van der Waals surface area contributed by atoms with E-state index in [1.54, 1.807) is 0 Å². The largest absolute Gasteiger partial charge is 0.361 e. The number of benzene rings is 2. The Bertz CT molecular complexity index is 807. The molecule has 3 aromatic rings. The average Bonchev–Trinajstić information content (AvgIpc) is 2.84. The first kappa shape index (κ1) is 13.7. The highest BCUT2D eigenvalue weighted by molar-refractivity contribution is 6.31. The molecule has 0 saturated carbocycles. The summed E-state index contributed by atoms with van der Waals surface area (Å²) in [6.45, 7) is 1.97. The standard InChI is InChI=1S/C17H15ClN2O/c1-11-4-2-3-5-15(11)20-17(21)8-12-10-19-16-7-6-13(18)9-14(12)16/h2-7,9-10,19H,8H2,1H3,(H,20,21).